The Hall–Kier alpha value is -1.66. The van der Waals surface area contributed by atoms with Crippen LogP contribution in [0, 0.1) is 0 Å². The van der Waals surface area contributed by atoms with Crippen LogP contribution in [0.5, 0.6) is 0 Å². The first-order chi connectivity index (χ1) is 9.08. The lowest BCUT2D eigenvalue weighted by atomic mass is 9.77. The molecule has 108 valence electrons. The molecular formula is C13H18ClN5O. The van der Waals surface area contributed by atoms with Crippen LogP contribution in [0.3, 0.4) is 0 Å². The lowest BCUT2D eigenvalue weighted by Gasteiger charge is -2.34. The van der Waals surface area contributed by atoms with Crippen LogP contribution in [0.15, 0.2) is 22.9 Å². The van der Waals surface area contributed by atoms with Crippen molar-refractivity contribution in [2.45, 2.75) is 24.8 Å². The highest BCUT2D eigenvalue weighted by Crippen LogP contribution is 2.37. The second-order valence-electron chi connectivity index (χ2n) is 5.23. The summed E-state index contributed by atoms with van der Waals surface area (Å²) in [6.07, 6.45) is 4.70. The number of hydrogen-bond acceptors (Lipinski definition) is 6. The van der Waals surface area contributed by atoms with Gasteiger partial charge in [0.15, 0.2) is 5.82 Å². The first-order valence-electron chi connectivity index (χ1n) is 6.35. The van der Waals surface area contributed by atoms with Crippen molar-refractivity contribution in [1.82, 2.24) is 15.1 Å². The van der Waals surface area contributed by atoms with E-state index in [0.29, 0.717) is 11.7 Å². The van der Waals surface area contributed by atoms with Crippen LogP contribution in [0.2, 0.25) is 0 Å². The lowest BCUT2D eigenvalue weighted by Crippen LogP contribution is -2.44. The van der Waals surface area contributed by atoms with Gasteiger partial charge in [-0.2, -0.15) is 4.98 Å². The molecule has 2 aromatic heterocycles. The minimum Gasteiger partial charge on any atom is -0.363 e. The van der Waals surface area contributed by atoms with Gasteiger partial charge in [0.1, 0.15) is 5.82 Å². The van der Waals surface area contributed by atoms with E-state index in [2.05, 4.69) is 15.1 Å². The van der Waals surface area contributed by atoms with Crippen LogP contribution in [0.4, 0.5) is 5.82 Å². The molecule has 0 radical (unpaired) electrons. The van der Waals surface area contributed by atoms with E-state index in [0.717, 1.165) is 30.6 Å². The minimum absolute atomic E-state index is 0. The van der Waals surface area contributed by atoms with Gasteiger partial charge in [0.2, 0.25) is 0 Å². The molecule has 6 nitrogen and oxygen atoms in total. The average Bonchev–Trinajstić information content (AvgIpc) is 2.86. The summed E-state index contributed by atoms with van der Waals surface area (Å²) in [5.74, 6) is 1.97. The molecule has 7 heteroatoms. The van der Waals surface area contributed by atoms with Gasteiger partial charge in [-0.1, -0.05) is 5.16 Å². The van der Waals surface area contributed by atoms with Gasteiger partial charge >= 0.3 is 0 Å². The Kier molecular flexibility index (Phi) is 3.96. The summed E-state index contributed by atoms with van der Waals surface area (Å²) in [4.78, 5) is 10.7. The van der Waals surface area contributed by atoms with Crippen LogP contribution < -0.4 is 10.6 Å². The first kappa shape index (κ1) is 14.7. The number of aromatic nitrogens is 3. The Balaban J connectivity index is 0.00000147. The lowest BCUT2D eigenvalue weighted by molar-refractivity contribution is 0.229. The van der Waals surface area contributed by atoms with Crippen LogP contribution in [-0.2, 0) is 5.54 Å². The first-order valence-corrected chi connectivity index (χ1v) is 6.35. The van der Waals surface area contributed by atoms with E-state index in [1.807, 2.05) is 31.1 Å². The molecule has 1 saturated carbocycles. The summed E-state index contributed by atoms with van der Waals surface area (Å²) < 4.78 is 5.28. The van der Waals surface area contributed by atoms with Gasteiger partial charge in [-0.3, -0.25) is 0 Å². The largest absolute Gasteiger partial charge is 0.363 e. The second kappa shape index (κ2) is 5.38. The Morgan fingerprint density at radius 3 is 2.55 bits per heavy atom. The smallest absolute Gasteiger partial charge is 0.259 e. The number of halogens is 1. The van der Waals surface area contributed by atoms with Gasteiger partial charge < -0.3 is 15.2 Å². The Bertz CT molecular complexity index is 577. The fraction of sp³-hybridized carbons (Fsp3) is 0.462. The molecule has 0 unspecified atom stereocenters. The summed E-state index contributed by atoms with van der Waals surface area (Å²) in [6, 6.07) is 3.84. The molecule has 1 fully saturated rings. The standard InChI is InChI=1S/C13H17N5O.ClH/c1-18(2)10-5-4-9(8-15-10)11-16-12(17-19-11)13(14)6-3-7-13;/h4-5,8H,3,6-7,14H2,1-2H3;1H. The summed E-state index contributed by atoms with van der Waals surface area (Å²) in [6.45, 7) is 0. The van der Waals surface area contributed by atoms with Crippen LogP contribution in [-0.4, -0.2) is 29.2 Å². The van der Waals surface area contributed by atoms with Crippen molar-refractivity contribution < 1.29 is 4.52 Å². The zero-order valence-corrected chi connectivity index (χ0v) is 12.4. The molecule has 0 spiro atoms. The number of rotatable bonds is 3. The Morgan fingerprint density at radius 1 is 1.30 bits per heavy atom. The summed E-state index contributed by atoms with van der Waals surface area (Å²) in [5, 5.41) is 3.99. The van der Waals surface area contributed by atoms with Gasteiger partial charge in [-0.05, 0) is 31.4 Å². The molecule has 0 saturated heterocycles. The zero-order chi connectivity index (χ0) is 13.5. The van der Waals surface area contributed by atoms with Crippen molar-refractivity contribution in [2.75, 3.05) is 19.0 Å². The van der Waals surface area contributed by atoms with Crippen molar-refractivity contribution >= 4 is 18.2 Å². The second-order valence-corrected chi connectivity index (χ2v) is 5.23. The van der Waals surface area contributed by atoms with E-state index in [1.165, 1.54) is 0 Å². The third-order valence-electron chi connectivity index (χ3n) is 3.57. The van der Waals surface area contributed by atoms with Crippen molar-refractivity contribution in [3.8, 4) is 11.5 Å². The highest BCUT2D eigenvalue weighted by molar-refractivity contribution is 5.85. The number of pyridine rings is 1. The number of anilines is 1. The summed E-state index contributed by atoms with van der Waals surface area (Å²) in [5.41, 5.74) is 6.59. The van der Waals surface area contributed by atoms with Crippen LogP contribution in [0.25, 0.3) is 11.5 Å². The molecule has 2 aromatic rings. The molecule has 0 aliphatic heterocycles. The minimum atomic E-state index is -0.390. The van der Waals surface area contributed by atoms with Crippen molar-refractivity contribution in [2.24, 2.45) is 5.73 Å². The van der Waals surface area contributed by atoms with E-state index < -0.39 is 5.54 Å². The van der Waals surface area contributed by atoms with E-state index in [9.17, 15) is 0 Å². The maximum atomic E-state index is 6.17. The molecule has 0 aromatic carbocycles. The molecule has 3 rings (SSSR count). The number of nitrogens with zero attached hydrogens (tertiary/aromatic N) is 4. The SMILES string of the molecule is CN(C)c1ccc(-c2nc(C3(N)CCC3)no2)cn1.Cl. The molecule has 2 heterocycles. The van der Waals surface area contributed by atoms with Gasteiger partial charge in [-0.25, -0.2) is 4.98 Å². The van der Waals surface area contributed by atoms with E-state index >= 15 is 0 Å². The maximum Gasteiger partial charge on any atom is 0.259 e. The zero-order valence-electron chi connectivity index (χ0n) is 11.5. The highest BCUT2D eigenvalue weighted by atomic mass is 35.5. The summed E-state index contributed by atoms with van der Waals surface area (Å²) in [7, 11) is 3.89. The van der Waals surface area contributed by atoms with Crippen LogP contribution >= 0.6 is 12.4 Å². The molecule has 2 N–H and O–H groups in total. The Morgan fingerprint density at radius 2 is 2.05 bits per heavy atom. The van der Waals surface area contributed by atoms with Crippen LogP contribution in [0.1, 0.15) is 25.1 Å². The quantitative estimate of drug-likeness (QED) is 0.932. The predicted octanol–water partition coefficient (Wildman–Crippen LogP) is 1.96. The maximum absolute atomic E-state index is 6.17. The summed E-state index contributed by atoms with van der Waals surface area (Å²) >= 11 is 0. The molecule has 20 heavy (non-hydrogen) atoms. The van der Waals surface area contributed by atoms with Gasteiger partial charge in [0.25, 0.3) is 5.89 Å². The normalized spacial score (nSPS) is 16.1. The van der Waals surface area contributed by atoms with E-state index in [1.54, 1.807) is 6.20 Å². The van der Waals surface area contributed by atoms with Gasteiger partial charge in [0, 0.05) is 20.3 Å². The van der Waals surface area contributed by atoms with Crippen molar-refractivity contribution in [1.29, 1.82) is 0 Å². The fourth-order valence-electron chi connectivity index (χ4n) is 2.10. The molecular weight excluding hydrogens is 278 g/mol. The third kappa shape index (κ3) is 2.48. The predicted molar refractivity (Wildman–Crippen MR) is 78.8 cm³/mol. The molecule has 0 amide bonds. The van der Waals surface area contributed by atoms with E-state index in [4.69, 9.17) is 10.3 Å². The van der Waals surface area contributed by atoms with Crippen molar-refractivity contribution in [3.05, 3.63) is 24.2 Å². The van der Waals surface area contributed by atoms with Gasteiger partial charge in [0.05, 0.1) is 11.1 Å². The molecule has 1 aliphatic carbocycles. The van der Waals surface area contributed by atoms with Gasteiger partial charge in [-0.15, -0.1) is 12.4 Å². The van der Waals surface area contributed by atoms with E-state index in [-0.39, 0.29) is 12.4 Å². The third-order valence-corrected chi connectivity index (χ3v) is 3.57. The highest BCUT2D eigenvalue weighted by Gasteiger charge is 2.39. The van der Waals surface area contributed by atoms with Crippen molar-refractivity contribution in [3.63, 3.8) is 0 Å². The molecule has 0 atom stereocenters. The topological polar surface area (TPSA) is 81.1 Å². The monoisotopic (exact) mass is 295 g/mol. The average molecular weight is 296 g/mol. The molecule has 0 bridgehead atoms. The fourth-order valence-corrected chi connectivity index (χ4v) is 2.10. The number of hydrogen-bond donors (Lipinski definition) is 1. The number of nitrogens with two attached hydrogens (primary N) is 1. The Labute approximate surface area is 123 Å². The molecule has 1 aliphatic rings.